The van der Waals surface area contributed by atoms with Gasteiger partial charge in [-0.15, -0.1) is 11.8 Å². The van der Waals surface area contributed by atoms with Gasteiger partial charge in [-0.3, -0.25) is 0 Å². The molecule has 0 unspecified atom stereocenters. The molecule has 1 fully saturated rings. The van der Waals surface area contributed by atoms with E-state index in [-0.39, 0.29) is 11.4 Å². The lowest BCUT2D eigenvalue weighted by atomic mass is 10.1. The Labute approximate surface area is 167 Å². The van der Waals surface area contributed by atoms with Crippen LogP contribution in [-0.4, -0.2) is 50.7 Å². The third-order valence-corrected chi connectivity index (χ3v) is 5.91. The van der Waals surface area contributed by atoms with Crippen LogP contribution in [0.3, 0.4) is 0 Å². The van der Waals surface area contributed by atoms with Gasteiger partial charge in [-0.2, -0.15) is 0 Å². The van der Waals surface area contributed by atoms with Gasteiger partial charge in [0.25, 0.3) is 0 Å². The molecule has 2 amide bonds. The summed E-state index contributed by atoms with van der Waals surface area (Å²) < 4.78 is 21.9. The first-order valence-electron chi connectivity index (χ1n) is 9.00. The maximum atomic E-state index is 13.0. The minimum Gasteiger partial charge on any atom is -0.497 e. The van der Waals surface area contributed by atoms with E-state index in [4.69, 9.17) is 18.9 Å². The van der Waals surface area contributed by atoms with E-state index in [0.29, 0.717) is 36.9 Å². The number of amides is 2. The highest BCUT2D eigenvalue weighted by Crippen LogP contribution is 2.42. The van der Waals surface area contributed by atoms with Crippen LogP contribution in [0.2, 0.25) is 0 Å². The number of rotatable bonds is 4. The van der Waals surface area contributed by atoms with E-state index < -0.39 is 0 Å². The van der Waals surface area contributed by atoms with Crippen molar-refractivity contribution in [2.24, 2.45) is 0 Å². The van der Waals surface area contributed by atoms with Crippen molar-refractivity contribution in [3.05, 3.63) is 42.0 Å². The number of hydrogen-bond acceptors (Lipinski definition) is 6. The number of thioether (sulfide) groups is 1. The molecule has 1 saturated heterocycles. The number of carbonyl (C=O) groups excluding carboxylic acids is 1. The maximum Gasteiger partial charge on any atom is 0.323 e. The Balaban J connectivity index is 1.53. The van der Waals surface area contributed by atoms with Crippen LogP contribution in [0.15, 0.2) is 36.4 Å². The first-order valence-corrected chi connectivity index (χ1v) is 10.1. The smallest absolute Gasteiger partial charge is 0.323 e. The van der Waals surface area contributed by atoms with E-state index >= 15 is 0 Å². The summed E-state index contributed by atoms with van der Waals surface area (Å²) in [5.41, 5.74) is 1.62. The molecule has 8 heteroatoms. The lowest BCUT2D eigenvalue weighted by Crippen LogP contribution is -2.34. The van der Waals surface area contributed by atoms with Gasteiger partial charge < -0.3 is 29.2 Å². The van der Waals surface area contributed by atoms with Crippen molar-refractivity contribution < 1.29 is 23.7 Å². The average molecular weight is 402 g/mol. The first-order chi connectivity index (χ1) is 13.7. The van der Waals surface area contributed by atoms with Gasteiger partial charge in [0.15, 0.2) is 11.5 Å². The second kappa shape index (κ2) is 8.10. The van der Waals surface area contributed by atoms with Gasteiger partial charge in [-0.25, -0.2) is 4.79 Å². The number of anilines is 1. The molecule has 0 saturated carbocycles. The zero-order valence-electron chi connectivity index (χ0n) is 15.8. The van der Waals surface area contributed by atoms with Crippen LogP contribution < -0.4 is 24.3 Å². The van der Waals surface area contributed by atoms with Crippen LogP contribution in [0.25, 0.3) is 0 Å². The summed E-state index contributed by atoms with van der Waals surface area (Å²) in [5.74, 6) is 3.56. The topological polar surface area (TPSA) is 69.3 Å². The van der Waals surface area contributed by atoms with Crippen LogP contribution in [0.4, 0.5) is 10.5 Å². The zero-order valence-corrected chi connectivity index (χ0v) is 16.6. The molecule has 0 bridgehead atoms. The van der Waals surface area contributed by atoms with Gasteiger partial charge in [-0.1, -0.05) is 6.07 Å². The first kappa shape index (κ1) is 18.6. The average Bonchev–Trinajstić information content (AvgIpc) is 3.23. The van der Waals surface area contributed by atoms with Crippen molar-refractivity contribution in [3.63, 3.8) is 0 Å². The van der Waals surface area contributed by atoms with Crippen molar-refractivity contribution in [2.45, 2.75) is 5.37 Å². The number of methoxy groups -OCH3 is 2. The predicted molar refractivity (Wildman–Crippen MR) is 108 cm³/mol. The minimum atomic E-state index is -0.173. The zero-order chi connectivity index (χ0) is 19.5. The number of carbonyl (C=O) groups is 1. The molecule has 28 heavy (non-hydrogen) atoms. The summed E-state index contributed by atoms with van der Waals surface area (Å²) in [6.45, 7) is 1.76. The summed E-state index contributed by atoms with van der Waals surface area (Å²) >= 11 is 1.73. The van der Waals surface area contributed by atoms with Crippen LogP contribution in [0.5, 0.6) is 23.0 Å². The molecule has 0 spiro atoms. The van der Waals surface area contributed by atoms with Crippen LogP contribution in [0.1, 0.15) is 10.9 Å². The summed E-state index contributed by atoms with van der Waals surface area (Å²) in [4.78, 5) is 14.8. The normalized spacial score (nSPS) is 17.9. The van der Waals surface area contributed by atoms with E-state index in [1.54, 1.807) is 44.2 Å². The van der Waals surface area contributed by atoms with Crippen molar-refractivity contribution in [2.75, 3.05) is 45.0 Å². The lowest BCUT2D eigenvalue weighted by Gasteiger charge is -2.26. The summed E-state index contributed by atoms with van der Waals surface area (Å²) in [6, 6.07) is 11.0. The van der Waals surface area contributed by atoms with Crippen LogP contribution in [-0.2, 0) is 0 Å². The van der Waals surface area contributed by atoms with E-state index in [9.17, 15) is 4.79 Å². The van der Waals surface area contributed by atoms with Crippen molar-refractivity contribution in [1.29, 1.82) is 0 Å². The molecule has 148 valence electrons. The fraction of sp³-hybridized carbons (Fsp3) is 0.350. The summed E-state index contributed by atoms with van der Waals surface area (Å²) in [5, 5.41) is 2.87. The van der Waals surface area contributed by atoms with Gasteiger partial charge in [0.2, 0.25) is 0 Å². The Hall–Kier alpha value is -2.74. The summed E-state index contributed by atoms with van der Waals surface area (Å²) in [6.07, 6.45) is 0. The molecule has 0 radical (unpaired) electrons. The molecular formula is C20H22N2O5S. The highest BCUT2D eigenvalue weighted by Gasteiger charge is 2.32. The molecular weight excluding hydrogens is 380 g/mol. The van der Waals surface area contributed by atoms with Crippen molar-refractivity contribution in [1.82, 2.24) is 4.90 Å². The Bertz CT molecular complexity index is 876. The molecule has 7 nitrogen and oxygen atoms in total. The third-order valence-electron chi connectivity index (χ3n) is 4.65. The fourth-order valence-corrected chi connectivity index (χ4v) is 4.50. The largest absolute Gasteiger partial charge is 0.497 e. The van der Waals surface area contributed by atoms with Gasteiger partial charge in [0, 0.05) is 18.4 Å². The van der Waals surface area contributed by atoms with E-state index in [1.165, 1.54) is 0 Å². The fourth-order valence-electron chi connectivity index (χ4n) is 3.26. The number of nitrogens with zero attached hydrogens (tertiary/aromatic N) is 1. The predicted octanol–water partition coefficient (Wildman–Crippen LogP) is 3.75. The molecule has 2 heterocycles. The quantitative estimate of drug-likeness (QED) is 0.840. The Morgan fingerprint density at radius 2 is 1.93 bits per heavy atom. The molecule has 2 aliphatic heterocycles. The Kier molecular flexibility index (Phi) is 5.38. The molecule has 2 aliphatic rings. The van der Waals surface area contributed by atoms with Gasteiger partial charge >= 0.3 is 6.03 Å². The highest BCUT2D eigenvalue weighted by molar-refractivity contribution is 7.99. The van der Waals surface area contributed by atoms with Gasteiger partial charge in [0.05, 0.1) is 19.9 Å². The molecule has 1 N–H and O–H groups in total. The Morgan fingerprint density at radius 3 is 2.71 bits per heavy atom. The maximum absolute atomic E-state index is 13.0. The molecule has 0 aliphatic carbocycles. The minimum absolute atomic E-state index is 0.0833. The number of hydrogen-bond donors (Lipinski definition) is 1. The van der Waals surface area contributed by atoms with Gasteiger partial charge in [0.1, 0.15) is 30.1 Å². The second-order valence-electron chi connectivity index (χ2n) is 6.32. The number of fused-ring (bicyclic) bond motifs is 1. The number of nitrogens with one attached hydrogen (secondary N) is 1. The van der Waals surface area contributed by atoms with Crippen molar-refractivity contribution in [3.8, 4) is 23.0 Å². The monoisotopic (exact) mass is 402 g/mol. The molecule has 2 aromatic rings. The van der Waals surface area contributed by atoms with Gasteiger partial charge in [-0.05, 0) is 29.8 Å². The van der Waals surface area contributed by atoms with Crippen LogP contribution >= 0.6 is 11.8 Å². The standard InChI is InChI=1S/C20H22N2O5S/c1-24-14-4-5-15(17(12-14)25-2)21-20(23)22-7-10-28-19(22)13-3-6-16-18(11-13)27-9-8-26-16/h3-6,11-12,19H,7-10H2,1-2H3,(H,21,23)/t19-/m1/s1. The van der Waals surface area contributed by atoms with Crippen LogP contribution in [0, 0.1) is 0 Å². The molecule has 2 aromatic carbocycles. The number of benzene rings is 2. The second-order valence-corrected chi connectivity index (χ2v) is 7.50. The molecule has 0 aromatic heterocycles. The SMILES string of the molecule is COc1ccc(NC(=O)N2CCS[C@@H]2c2ccc3c(c2)OCCO3)c(OC)c1. The third kappa shape index (κ3) is 3.64. The van der Waals surface area contributed by atoms with Crippen molar-refractivity contribution >= 4 is 23.5 Å². The van der Waals surface area contributed by atoms with E-state index in [2.05, 4.69) is 5.32 Å². The van der Waals surface area contributed by atoms with E-state index in [0.717, 1.165) is 22.8 Å². The molecule has 4 rings (SSSR count). The van der Waals surface area contributed by atoms with E-state index in [1.807, 2.05) is 23.1 Å². The number of urea groups is 1. The Morgan fingerprint density at radius 1 is 1.11 bits per heavy atom. The summed E-state index contributed by atoms with van der Waals surface area (Å²) in [7, 11) is 3.15. The lowest BCUT2D eigenvalue weighted by molar-refractivity contribution is 0.171. The number of ether oxygens (including phenoxy) is 4. The highest BCUT2D eigenvalue weighted by atomic mass is 32.2. The molecule has 1 atom stereocenters.